The average Bonchev–Trinajstić information content (AvgIpc) is 2.80. The fourth-order valence-electron chi connectivity index (χ4n) is 4.24. The number of nitrogens with one attached hydrogen (secondary N) is 3. The number of anilines is 1. The first-order chi connectivity index (χ1) is 16.2. The van der Waals surface area contributed by atoms with E-state index in [0.29, 0.717) is 30.3 Å². The molecule has 8 nitrogen and oxygen atoms in total. The lowest BCUT2D eigenvalue weighted by atomic mass is 9.95. The van der Waals surface area contributed by atoms with Crippen LogP contribution in [0.3, 0.4) is 0 Å². The van der Waals surface area contributed by atoms with Crippen LogP contribution in [-0.4, -0.2) is 43.9 Å². The quantitative estimate of drug-likeness (QED) is 0.373. The number of methoxy groups -OCH3 is 1. The zero-order chi connectivity index (χ0) is 24.7. The lowest BCUT2D eigenvalue weighted by Gasteiger charge is -2.27. The topological polar surface area (TPSA) is 117 Å². The predicted molar refractivity (Wildman–Crippen MR) is 134 cm³/mol. The van der Waals surface area contributed by atoms with Gasteiger partial charge in [0.25, 0.3) is 5.91 Å². The van der Waals surface area contributed by atoms with Gasteiger partial charge in [-0.1, -0.05) is 43.6 Å². The molecule has 3 rings (SSSR count). The van der Waals surface area contributed by atoms with Crippen LogP contribution in [0.5, 0.6) is 0 Å². The second-order valence-electron chi connectivity index (χ2n) is 9.28. The van der Waals surface area contributed by atoms with Crippen molar-refractivity contribution in [1.29, 1.82) is 0 Å². The first-order valence-electron chi connectivity index (χ1n) is 12.0. The number of aliphatic hydroxyl groups is 1. The molecule has 2 aliphatic rings. The second kappa shape index (κ2) is 12.1. The molecule has 1 saturated carbocycles. The van der Waals surface area contributed by atoms with Crippen LogP contribution in [0.25, 0.3) is 0 Å². The summed E-state index contributed by atoms with van der Waals surface area (Å²) in [5, 5.41) is 16.5. The van der Waals surface area contributed by atoms with Crippen LogP contribution < -0.4 is 15.4 Å². The Bertz CT molecular complexity index is 1010. The summed E-state index contributed by atoms with van der Waals surface area (Å²) in [5.74, 6) is -0.279. The molecule has 0 aromatic heterocycles. The molecule has 1 fully saturated rings. The minimum atomic E-state index is -3.38. The molecule has 2 atom stereocenters. The first kappa shape index (κ1) is 26.6. The van der Waals surface area contributed by atoms with Gasteiger partial charge in [-0.05, 0) is 50.8 Å². The number of hydrogen-bond donors (Lipinski definition) is 4. The molecular weight excluding hydrogens is 454 g/mol. The third-order valence-corrected chi connectivity index (χ3v) is 8.16. The third kappa shape index (κ3) is 7.23. The molecule has 0 heterocycles. The van der Waals surface area contributed by atoms with Crippen LogP contribution >= 0.6 is 0 Å². The molecular formula is C25H37N3O5S. The molecule has 188 valence electrons. The third-order valence-electron chi connectivity index (χ3n) is 6.29. The number of benzene rings is 1. The standard InChI is InChI=1S/C25H37N3O5S/c1-17(2)34(31,32)28-21-11-9-18(10-12-21)24(29)27-22-13-14-23(19(15-22)16-33-3)25(30)26-20-7-5-4-6-8-20/h9-11,13-15,17,20-21,25-26,28,30H,4-8,12,16H2,1-3H3,(H,27,29). The smallest absolute Gasteiger partial charge is 0.255 e. The molecule has 0 saturated heterocycles. The number of sulfonamides is 1. The zero-order valence-corrected chi connectivity index (χ0v) is 21.0. The zero-order valence-electron chi connectivity index (χ0n) is 20.2. The maximum absolute atomic E-state index is 12.8. The lowest BCUT2D eigenvalue weighted by Crippen LogP contribution is -2.38. The second-order valence-corrected chi connectivity index (χ2v) is 11.5. The van der Waals surface area contributed by atoms with Crippen molar-refractivity contribution in [3.63, 3.8) is 0 Å². The van der Waals surface area contributed by atoms with Crippen LogP contribution in [0.2, 0.25) is 0 Å². The Kier molecular flexibility index (Phi) is 9.44. The van der Waals surface area contributed by atoms with E-state index in [2.05, 4.69) is 15.4 Å². The van der Waals surface area contributed by atoms with Crippen LogP contribution in [0, 0.1) is 0 Å². The van der Waals surface area contributed by atoms with Crippen molar-refractivity contribution >= 4 is 21.6 Å². The van der Waals surface area contributed by atoms with Gasteiger partial charge in [-0.15, -0.1) is 0 Å². The highest BCUT2D eigenvalue weighted by Crippen LogP contribution is 2.25. The summed E-state index contributed by atoms with van der Waals surface area (Å²) in [6.45, 7) is 3.55. The molecule has 2 unspecified atom stereocenters. The van der Waals surface area contributed by atoms with E-state index in [9.17, 15) is 18.3 Å². The largest absolute Gasteiger partial charge is 0.380 e. The molecule has 0 spiro atoms. The van der Waals surface area contributed by atoms with Gasteiger partial charge < -0.3 is 15.2 Å². The van der Waals surface area contributed by atoms with Crippen molar-refractivity contribution in [1.82, 2.24) is 10.0 Å². The van der Waals surface area contributed by atoms with Crippen molar-refractivity contribution in [2.45, 2.75) is 82.5 Å². The summed E-state index contributed by atoms with van der Waals surface area (Å²) in [7, 11) is -1.79. The monoisotopic (exact) mass is 491 g/mol. The Morgan fingerprint density at radius 3 is 2.56 bits per heavy atom. The molecule has 34 heavy (non-hydrogen) atoms. The van der Waals surface area contributed by atoms with Crippen molar-refractivity contribution in [3.05, 3.63) is 53.1 Å². The molecule has 4 N–H and O–H groups in total. The van der Waals surface area contributed by atoms with E-state index >= 15 is 0 Å². The molecule has 1 amide bonds. The van der Waals surface area contributed by atoms with Crippen LogP contribution in [0.1, 0.15) is 69.7 Å². The fourth-order valence-corrected chi connectivity index (χ4v) is 5.11. The van der Waals surface area contributed by atoms with Crippen molar-refractivity contribution in [2.24, 2.45) is 0 Å². The predicted octanol–water partition coefficient (Wildman–Crippen LogP) is 3.27. The molecule has 0 bridgehead atoms. The Morgan fingerprint density at radius 2 is 1.94 bits per heavy atom. The molecule has 0 aliphatic heterocycles. The van der Waals surface area contributed by atoms with Gasteiger partial charge >= 0.3 is 0 Å². The summed E-state index contributed by atoms with van der Waals surface area (Å²) < 4.78 is 32.1. The fraction of sp³-hybridized carbons (Fsp3) is 0.560. The van der Waals surface area contributed by atoms with E-state index in [1.54, 1.807) is 45.3 Å². The Morgan fingerprint density at radius 1 is 1.21 bits per heavy atom. The average molecular weight is 492 g/mol. The van der Waals surface area contributed by atoms with E-state index in [4.69, 9.17) is 4.74 Å². The summed E-state index contributed by atoms with van der Waals surface area (Å²) >= 11 is 0. The molecule has 1 aromatic rings. The summed E-state index contributed by atoms with van der Waals surface area (Å²) in [6.07, 6.45) is 10.4. The van der Waals surface area contributed by atoms with Gasteiger partial charge in [0.05, 0.1) is 11.9 Å². The van der Waals surface area contributed by atoms with E-state index in [1.165, 1.54) is 19.3 Å². The van der Waals surface area contributed by atoms with Crippen molar-refractivity contribution in [3.8, 4) is 0 Å². The normalized spacial score (nSPS) is 20.3. The van der Waals surface area contributed by atoms with Crippen molar-refractivity contribution in [2.75, 3.05) is 12.4 Å². The Hall–Kier alpha value is -2.04. The van der Waals surface area contributed by atoms with Gasteiger partial charge in [0.15, 0.2) is 0 Å². The van der Waals surface area contributed by atoms with Gasteiger partial charge in [0, 0.05) is 36.0 Å². The minimum Gasteiger partial charge on any atom is -0.380 e. The number of hydrogen-bond acceptors (Lipinski definition) is 6. The van der Waals surface area contributed by atoms with Crippen LogP contribution in [0.15, 0.2) is 42.0 Å². The highest BCUT2D eigenvalue weighted by atomic mass is 32.2. The SMILES string of the molecule is COCc1cc(NC(=O)C2=CCC(NS(=O)(=O)C(C)C)C=C2)ccc1C(O)NC1CCCCC1. The summed E-state index contributed by atoms with van der Waals surface area (Å²) in [5.41, 5.74) is 2.61. The van der Waals surface area contributed by atoms with Gasteiger partial charge in [0.1, 0.15) is 6.23 Å². The summed E-state index contributed by atoms with van der Waals surface area (Å²) in [6, 6.07) is 5.33. The Labute approximate surface area is 202 Å². The van der Waals surface area contributed by atoms with E-state index < -0.39 is 21.5 Å². The number of ether oxygens (including phenoxy) is 1. The molecule has 1 aromatic carbocycles. The number of aliphatic hydroxyl groups excluding tert-OH is 1. The highest BCUT2D eigenvalue weighted by Gasteiger charge is 2.23. The lowest BCUT2D eigenvalue weighted by molar-refractivity contribution is -0.112. The number of carbonyl (C=O) groups is 1. The number of amides is 1. The highest BCUT2D eigenvalue weighted by molar-refractivity contribution is 7.90. The molecule has 2 aliphatic carbocycles. The van der Waals surface area contributed by atoms with Crippen molar-refractivity contribution < 1.29 is 23.1 Å². The number of carbonyl (C=O) groups excluding carboxylic acids is 1. The minimum absolute atomic E-state index is 0.279. The van der Waals surface area contributed by atoms with Gasteiger partial charge in [0.2, 0.25) is 10.0 Å². The van der Waals surface area contributed by atoms with Gasteiger partial charge in [-0.2, -0.15) is 0 Å². The molecule has 0 radical (unpaired) electrons. The number of rotatable bonds is 10. The van der Waals surface area contributed by atoms with E-state index in [0.717, 1.165) is 24.0 Å². The van der Waals surface area contributed by atoms with Gasteiger partial charge in [-0.3, -0.25) is 10.1 Å². The summed E-state index contributed by atoms with van der Waals surface area (Å²) in [4.78, 5) is 12.8. The Balaban J connectivity index is 1.63. The van der Waals surface area contributed by atoms with E-state index in [-0.39, 0.29) is 11.9 Å². The maximum atomic E-state index is 12.8. The van der Waals surface area contributed by atoms with Crippen LogP contribution in [-0.2, 0) is 26.2 Å². The first-order valence-corrected chi connectivity index (χ1v) is 13.5. The van der Waals surface area contributed by atoms with Crippen LogP contribution in [0.4, 0.5) is 5.69 Å². The van der Waals surface area contributed by atoms with E-state index in [1.807, 2.05) is 12.1 Å². The molecule has 9 heteroatoms. The van der Waals surface area contributed by atoms with Gasteiger partial charge in [-0.25, -0.2) is 13.1 Å². The maximum Gasteiger partial charge on any atom is 0.255 e.